The number of guanidine groups is 1. The minimum atomic E-state index is 0.125. The molecule has 2 aromatic carbocycles. The van der Waals surface area contributed by atoms with Crippen molar-refractivity contribution >= 4 is 11.6 Å². The number of phenolic OH excluding ortho intramolecular Hbond substituents is 1. The molecule has 2 rings (SSSR count). The van der Waals surface area contributed by atoms with Gasteiger partial charge in [0.25, 0.3) is 0 Å². The first-order valence-corrected chi connectivity index (χ1v) is 7.19. The average Bonchev–Trinajstić information content (AvgIpc) is 2.57. The Morgan fingerprint density at radius 3 is 2.52 bits per heavy atom. The highest BCUT2D eigenvalue weighted by Crippen LogP contribution is 2.26. The van der Waals surface area contributed by atoms with E-state index in [0.717, 1.165) is 17.0 Å². The molecule has 0 aliphatic heterocycles. The molecule has 0 atom stereocenters. The summed E-state index contributed by atoms with van der Waals surface area (Å²) in [6.45, 7) is 0.531. The van der Waals surface area contributed by atoms with Gasteiger partial charge in [0.2, 0.25) is 0 Å². The highest BCUT2D eigenvalue weighted by molar-refractivity contribution is 5.92. The Kier molecular flexibility index (Phi) is 5.68. The first kappa shape index (κ1) is 16.5. The van der Waals surface area contributed by atoms with Crippen LogP contribution < -0.4 is 20.5 Å². The van der Waals surface area contributed by atoms with Gasteiger partial charge in [0.05, 0.1) is 14.2 Å². The topological polar surface area (TPSA) is 89.1 Å². The van der Waals surface area contributed by atoms with Crippen LogP contribution in [0.25, 0.3) is 0 Å². The molecule has 0 aliphatic carbocycles. The lowest BCUT2D eigenvalue weighted by Gasteiger charge is -2.07. The molecule has 0 aliphatic rings. The Balaban J connectivity index is 1.89. The number of nitrogens with one attached hydrogen (secondary N) is 1. The molecule has 0 aromatic heterocycles. The molecule has 0 spiro atoms. The van der Waals surface area contributed by atoms with E-state index in [0.29, 0.717) is 24.7 Å². The molecule has 6 heteroatoms. The zero-order chi connectivity index (χ0) is 16.7. The molecular formula is C17H21N3O3. The second kappa shape index (κ2) is 7.93. The summed E-state index contributed by atoms with van der Waals surface area (Å²) in [5, 5.41) is 12.6. The largest absolute Gasteiger partial charge is 0.504 e. The molecule has 6 nitrogen and oxygen atoms in total. The van der Waals surface area contributed by atoms with E-state index in [-0.39, 0.29) is 5.75 Å². The molecule has 0 fully saturated rings. The Morgan fingerprint density at radius 1 is 1.13 bits per heavy atom. The van der Waals surface area contributed by atoms with Crippen LogP contribution in [0.1, 0.15) is 5.56 Å². The Morgan fingerprint density at radius 2 is 1.87 bits per heavy atom. The molecule has 0 saturated carbocycles. The van der Waals surface area contributed by atoms with E-state index in [4.69, 9.17) is 15.2 Å². The molecule has 0 unspecified atom stereocenters. The van der Waals surface area contributed by atoms with Gasteiger partial charge in [-0.25, -0.2) is 0 Å². The zero-order valence-electron chi connectivity index (χ0n) is 13.2. The Labute approximate surface area is 135 Å². The fraction of sp³-hybridized carbons (Fsp3) is 0.235. The number of hydrogen-bond acceptors (Lipinski definition) is 4. The quantitative estimate of drug-likeness (QED) is 0.562. The van der Waals surface area contributed by atoms with E-state index in [1.807, 2.05) is 30.3 Å². The van der Waals surface area contributed by atoms with Gasteiger partial charge in [-0.15, -0.1) is 0 Å². The summed E-state index contributed by atoms with van der Waals surface area (Å²) in [5.74, 6) is 1.71. The molecule has 0 radical (unpaired) electrons. The number of methoxy groups -OCH3 is 2. The molecule has 4 N–H and O–H groups in total. The Bertz CT molecular complexity index is 669. The first-order valence-electron chi connectivity index (χ1n) is 7.19. The number of anilines is 1. The number of ether oxygens (including phenoxy) is 2. The lowest BCUT2D eigenvalue weighted by molar-refractivity contribution is 0.373. The van der Waals surface area contributed by atoms with Gasteiger partial charge in [-0.1, -0.05) is 6.07 Å². The lowest BCUT2D eigenvalue weighted by Crippen LogP contribution is -2.23. The van der Waals surface area contributed by atoms with Crippen molar-refractivity contribution in [3.05, 3.63) is 48.0 Å². The SMILES string of the molecule is COc1ccc(NC(N)=NCCc2ccc(O)c(OC)c2)cc1. The second-order valence-corrected chi connectivity index (χ2v) is 4.88. The standard InChI is InChI=1S/C17H21N3O3/c1-22-14-6-4-13(5-7-14)20-17(18)19-10-9-12-3-8-15(21)16(11-12)23-2/h3-8,11,21H,9-10H2,1-2H3,(H3,18,19,20). The first-order chi connectivity index (χ1) is 11.1. The molecular weight excluding hydrogens is 294 g/mol. The van der Waals surface area contributed by atoms with Crippen LogP contribution in [0.4, 0.5) is 5.69 Å². The smallest absolute Gasteiger partial charge is 0.193 e. The van der Waals surface area contributed by atoms with Gasteiger partial charge in [-0.2, -0.15) is 0 Å². The van der Waals surface area contributed by atoms with Gasteiger partial charge in [0.1, 0.15) is 5.75 Å². The van der Waals surface area contributed by atoms with Gasteiger partial charge in [-0.05, 0) is 48.4 Å². The summed E-state index contributed by atoms with van der Waals surface area (Å²) in [4.78, 5) is 4.28. The van der Waals surface area contributed by atoms with Crippen LogP contribution in [0.5, 0.6) is 17.2 Å². The lowest BCUT2D eigenvalue weighted by atomic mass is 10.1. The van der Waals surface area contributed by atoms with Crippen molar-refractivity contribution in [1.29, 1.82) is 0 Å². The predicted octanol–water partition coefficient (Wildman–Crippen LogP) is 2.38. The number of nitrogens with zero attached hydrogens (tertiary/aromatic N) is 1. The van der Waals surface area contributed by atoms with Gasteiger partial charge in [-0.3, -0.25) is 4.99 Å². The maximum atomic E-state index is 9.56. The number of nitrogens with two attached hydrogens (primary N) is 1. The third-order valence-corrected chi connectivity index (χ3v) is 3.29. The van der Waals surface area contributed by atoms with Crippen LogP contribution in [-0.4, -0.2) is 31.8 Å². The van der Waals surface area contributed by atoms with E-state index < -0.39 is 0 Å². The fourth-order valence-electron chi connectivity index (χ4n) is 2.04. The van der Waals surface area contributed by atoms with E-state index in [1.54, 1.807) is 19.2 Å². The molecule has 0 heterocycles. The average molecular weight is 315 g/mol. The van der Waals surface area contributed by atoms with Crippen LogP contribution in [0.2, 0.25) is 0 Å². The van der Waals surface area contributed by atoms with E-state index in [1.165, 1.54) is 7.11 Å². The van der Waals surface area contributed by atoms with Crippen molar-refractivity contribution in [3.8, 4) is 17.2 Å². The van der Waals surface area contributed by atoms with Crippen LogP contribution in [0, 0.1) is 0 Å². The number of phenols is 1. The number of rotatable bonds is 6. The van der Waals surface area contributed by atoms with E-state index in [9.17, 15) is 5.11 Å². The van der Waals surface area contributed by atoms with Crippen LogP contribution in [0.15, 0.2) is 47.5 Å². The number of hydrogen-bond donors (Lipinski definition) is 3. The van der Waals surface area contributed by atoms with Crippen molar-refractivity contribution in [2.75, 3.05) is 26.1 Å². The minimum Gasteiger partial charge on any atom is -0.504 e. The molecule has 122 valence electrons. The summed E-state index contributed by atoms with van der Waals surface area (Å²) in [6.07, 6.45) is 0.696. The molecule has 0 amide bonds. The third-order valence-electron chi connectivity index (χ3n) is 3.29. The van der Waals surface area contributed by atoms with Gasteiger partial charge >= 0.3 is 0 Å². The highest BCUT2D eigenvalue weighted by atomic mass is 16.5. The summed E-state index contributed by atoms with van der Waals surface area (Å²) in [5.41, 5.74) is 7.72. The van der Waals surface area contributed by atoms with Crippen molar-refractivity contribution in [3.63, 3.8) is 0 Å². The van der Waals surface area contributed by atoms with Gasteiger partial charge < -0.3 is 25.6 Å². The molecule has 2 aromatic rings. The van der Waals surface area contributed by atoms with E-state index in [2.05, 4.69) is 10.3 Å². The van der Waals surface area contributed by atoms with Crippen LogP contribution in [-0.2, 0) is 6.42 Å². The highest BCUT2D eigenvalue weighted by Gasteiger charge is 2.02. The van der Waals surface area contributed by atoms with Crippen molar-refractivity contribution in [2.24, 2.45) is 10.7 Å². The number of aliphatic imine (C=N–C) groups is 1. The zero-order valence-corrected chi connectivity index (χ0v) is 13.2. The second-order valence-electron chi connectivity index (χ2n) is 4.88. The number of benzene rings is 2. The van der Waals surface area contributed by atoms with Crippen molar-refractivity contribution < 1.29 is 14.6 Å². The van der Waals surface area contributed by atoms with Crippen LogP contribution >= 0.6 is 0 Å². The monoisotopic (exact) mass is 315 g/mol. The van der Waals surface area contributed by atoms with E-state index >= 15 is 0 Å². The molecule has 0 bridgehead atoms. The predicted molar refractivity (Wildman–Crippen MR) is 91.5 cm³/mol. The van der Waals surface area contributed by atoms with Crippen LogP contribution in [0.3, 0.4) is 0 Å². The third kappa shape index (κ3) is 4.81. The number of aromatic hydroxyl groups is 1. The van der Waals surface area contributed by atoms with Crippen molar-refractivity contribution in [1.82, 2.24) is 0 Å². The minimum absolute atomic E-state index is 0.125. The fourth-order valence-corrected chi connectivity index (χ4v) is 2.04. The molecule has 23 heavy (non-hydrogen) atoms. The summed E-state index contributed by atoms with van der Waals surface area (Å²) >= 11 is 0. The maximum absolute atomic E-state index is 9.56. The van der Waals surface area contributed by atoms with Gasteiger partial charge in [0, 0.05) is 12.2 Å². The van der Waals surface area contributed by atoms with Crippen molar-refractivity contribution in [2.45, 2.75) is 6.42 Å². The normalized spacial score (nSPS) is 11.1. The summed E-state index contributed by atoms with van der Waals surface area (Å²) in [6, 6.07) is 12.7. The Hall–Kier alpha value is -2.89. The summed E-state index contributed by atoms with van der Waals surface area (Å²) < 4.78 is 10.2. The summed E-state index contributed by atoms with van der Waals surface area (Å²) in [7, 11) is 3.14. The maximum Gasteiger partial charge on any atom is 0.193 e. The molecule has 0 saturated heterocycles. The van der Waals surface area contributed by atoms with Gasteiger partial charge in [0.15, 0.2) is 17.5 Å².